The summed E-state index contributed by atoms with van der Waals surface area (Å²) < 4.78 is 39.5. The largest absolute Gasteiger partial charge is 0.573 e. The lowest BCUT2D eigenvalue weighted by atomic mass is 10.1. The third kappa shape index (κ3) is 4.43. The Labute approximate surface area is 101 Å². The Morgan fingerprint density at radius 2 is 1.81 bits per heavy atom. The van der Waals surface area contributed by atoms with Crippen molar-refractivity contribution < 1.29 is 17.9 Å². The Morgan fingerprint density at radius 3 is 2.25 bits per heavy atom. The van der Waals surface area contributed by atoms with Gasteiger partial charge < -0.3 is 4.74 Å². The zero-order valence-electron chi connectivity index (χ0n) is 8.72. The minimum Gasteiger partial charge on any atom is -0.406 e. The van der Waals surface area contributed by atoms with E-state index >= 15 is 0 Å². The van der Waals surface area contributed by atoms with Gasteiger partial charge in [-0.25, -0.2) is 0 Å². The van der Waals surface area contributed by atoms with Gasteiger partial charge in [0.2, 0.25) is 0 Å². The Bertz CT molecular complexity index is 321. The highest BCUT2D eigenvalue weighted by Gasteiger charge is 2.30. The molecule has 0 amide bonds. The van der Waals surface area contributed by atoms with E-state index in [4.69, 9.17) is 0 Å². The molecule has 0 saturated carbocycles. The molecule has 0 heterocycles. The molecule has 16 heavy (non-hydrogen) atoms. The number of hydrogen-bond donors (Lipinski definition) is 0. The summed E-state index contributed by atoms with van der Waals surface area (Å²) in [5.41, 5.74) is 0.955. The summed E-state index contributed by atoms with van der Waals surface area (Å²) >= 11 is 3.47. The Balaban J connectivity index is 2.68. The Hall–Kier alpha value is -0.710. The van der Waals surface area contributed by atoms with Gasteiger partial charge >= 0.3 is 6.36 Å². The summed E-state index contributed by atoms with van der Waals surface area (Å²) in [6, 6.07) is 5.92. The first-order valence-electron chi connectivity index (χ1n) is 4.92. The average Bonchev–Trinajstić information content (AvgIpc) is 2.16. The molecule has 1 aromatic carbocycles. The van der Waals surface area contributed by atoms with E-state index in [1.165, 1.54) is 12.1 Å². The number of hydrogen-bond acceptors (Lipinski definition) is 1. The van der Waals surface area contributed by atoms with E-state index in [2.05, 4.69) is 27.6 Å². The Morgan fingerprint density at radius 1 is 1.25 bits per heavy atom. The number of benzene rings is 1. The highest BCUT2D eigenvalue weighted by molar-refractivity contribution is 9.09. The van der Waals surface area contributed by atoms with Gasteiger partial charge in [-0.15, -0.1) is 13.2 Å². The van der Waals surface area contributed by atoms with Crippen molar-refractivity contribution in [2.75, 3.05) is 0 Å². The summed E-state index contributed by atoms with van der Waals surface area (Å²) in [5, 5.41) is 0. The molecule has 0 aliphatic carbocycles. The van der Waals surface area contributed by atoms with Gasteiger partial charge in [0.05, 0.1) is 0 Å². The second-order valence-electron chi connectivity index (χ2n) is 3.37. The van der Waals surface area contributed by atoms with Crippen molar-refractivity contribution >= 4 is 15.9 Å². The Kier molecular flexibility index (Phi) is 4.65. The van der Waals surface area contributed by atoms with Crippen molar-refractivity contribution in [2.45, 2.75) is 31.0 Å². The van der Waals surface area contributed by atoms with Gasteiger partial charge in [-0.05, 0) is 24.1 Å². The van der Waals surface area contributed by atoms with E-state index in [9.17, 15) is 13.2 Å². The van der Waals surface area contributed by atoms with Crippen LogP contribution >= 0.6 is 15.9 Å². The third-order valence-electron chi connectivity index (χ3n) is 2.02. The maximum absolute atomic E-state index is 11.9. The molecule has 1 atom stereocenters. The molecule has 5 heteroatoms. The van der Waals surface area contributed by atoms with Gasteiger partial charge in [-0.3, -0.25) is 0 Å². The predicted octanol–water partition coefficient (Wildman–Crippen LogP) is 4.82. The first kappa shape index (κ1) is 13.4. The predicted molar refractivity (Wildman–Crippen MR) is 59.7 cm³/mol. The molecule has 0 spiro atoms. The molecular formula is C11H12BrF3O. The van der Waals surface area contributed by atoms with Gasteiger partial charge in [0.1, 0.15) is 5.75 Å². The molecule has 1 nitrogen and oxygen atoms in total. The van der Waals surface area contributed by atoms with Crippen LogP contribution in [0.2, 0.25) is 0 Å². The van der Waals surface area contributed by atoms with Crippen LogP contribution in [0.1, 0.15) is 30.2 Å². The molecule has 90 valence electrons. The molecule has 1 rings (SSSR count). The third-order valence-corrected chi connectivity index (χ3v) is 3.00. The van der Waals surface area contributed by atoms with Crippen LogP contribution in [0.25, 0.3) is 0 Å². The monoisotopic (exact) mass is 296 g/mol. The van der Waals surface area contributed by atoms with Gasteiger partial charge in [0, 0.05) is 4.83 Å². The fourth-order valence-electron chi connectivity index (χ4n) is 1.30. The standard InChI is InChI=1S/C11H12BrF3O/c1-2-3-10(12)8-4-6-9(7-5-8)16-11(13,14)15/h4-7,10H,2-3H2,1H3. The smallest absolute Gasteiger partial charge is 0.406 e. The van der Waals surface area contributed by atoms with Crippen molar-refractivity contribution in [1.82, 2.24) is 0 Å². The summed E-state index contributed by atoms with van der Waals surface area (Å²) in [6.07, 6.45) is -2.67. The molecule has 0 bridgehead atoms. The van der Waals surface area contributed by atoms with Crippen molar-refractivity contribution in [2.24, 2.45) is 0 Å². The lowest BCUT2D eigenvalue weighted by molar-refractivity contribution is -0.274. The van der Waals surface area contributed by atoms with Crippen LogP contribution in [-0.4, -0.2) is 6.36 Å². The van der Waals surface area contributed by atoms with E-state index in [0.717, 1.165) is 18.4 Å². The highest BCUT2D eigenvalue weighted by atomic mass is 79.9. The summed E-state index contributed by atoms with van der Waals surface area (Å²) in [4.78, 5) is 0.178. The van der Waals surface area contributed by atoms with Crippen LogP contribution in [0.15, 0.2) is 24.3 Å². The molecule has 0 saturated heterocycles. The number of ether oxygens (including phenoxy) is 1. The van der Waals surface area contributed by atoms with Gasteiger partial charge in [0.15, 0.2) is 0 Å². The van der Waals surface area contributed by atoms with Crippen LogP contribution in [0.5, 0.6) is 5.75 Å². The van der Waals surface area contributed by atoms with Crippen molar-refractivity contribution in [3.8, 4) is 5.75 Å². The summed E-state index contributed by atoms with van der Waals surface area (Å²) in [6.45, 7) is 2.05. The number of alkyl halides is 4. The van der Waals surface area contributed by atoms with Crippen LogP contribution in [0.3, 0.4) is 0 Å². The van der Waals surface area contributed by atoms with Crippen molar-refractivity contribution in [1.29, 1.82) is 0 Å². The normalized spacial score (nSPS) is 13.6. The molecule has 0 aliphatic heterocycles. The van der Waals surface area contributed by atoms with Crippen LogP contribution in [0, 0.1) is 0 Å². The second-order valence-corrected chi connectivity index (χ2v) is 4.48. The van der Waals surface area contributed by atoms with Crippen molar-refractivity contribution in [3.05, 3.63) is 29.8 Å². The molecule has 0 radical (unpaired) electrons. The molecule has 1 aromatic rings. The van der Waals surface area contributed by atoms with E-state index in [-0.39, 0.29) is 10.6 Å². The van der Waals surface area contributed by atoms with Crippen molar-refractivity contribution in [3.63, 3.8) is 0 Å². The summed E-state index contributed by atoms with van der Waals surface area (Å²) in [7, 11) is 0. The van der Waals surface area contributed by atoms with E-state index in [1.807, 2.05) is 0 Å². The van der Waals surface area contributed by atoms with E-state index in [0.29, 0.717) is 0 Å². The second kappa shape index (κ2) is 5.57. The average molecular weight is 297 g/mol. The molecule has 0 aliphatic rings. The van der Waals surface area contributed by atoms with Gasteiger partial charge in [-0.1, -0.05) is 41.4 Å². The van der Waals surface area contributed by atoms with E-state index in [1.54, 1.807) is 12.1 Å². The van der Waals surface area contributed by atoms with Gasteiger partial charge in [0.25, 0.3) is 0 Å². The quantitative estimate of drug-likeness (QED) is 0.724. The minimum atomic E-state index is -4.63. The fourth-order valence-corrected chi connectivity index (χ4v) is 2.06. The topological polar surface area (TPSA) is 9.23 Å². The highest BCUT2D eigenvalue weighted by Crippen LogP contribution is 2.30. The lowest BCUT2D eigenvalue weighted by Crippen LogP contribution is -2.17. The zero-order chi connectivity index (χ0) is 12.2. The number of rotatable bonds is 4. The first-order valence-corrected chi connectivity index (χ1v) is 5.83. The first-order chi connectivity index (χ1) is 7.42. The van der Waals surface area contributed by atoms with Gasteiger partial charge in [-0.2, -0.15) is 0 Å². The van der Waals surface area contributed by atoms with Crippen LogP contribution in [-0.2, 0) is 0 Å². The fraction of sp³-hybridized carbons (Fsp3) is 0.455. The lowest BCUT2D eigenvalue weighted by Gasteiger charge is -2.11. The molecule has 0 N–H and O–H groups in total. The maximum Gasteiger partial charge on any atom is 0.573 e. The molecule has 1 unspecified atom stereocenters. The van der Waals surface area contributed by atoms with Crippen LogP contribution < -0.4 is 4.74 Å². The minimum absolute atomic E-state index is 0.178. The maximum atomic E-state index is 11.9. The van der Waals surface area contributed by atoms with Crippen LogP contribution in [0.4, 0.5) is 13.2 Å². The zero-order valence-corrected chi connectivity index (χ0v) is 10.3. The summed E-state index contributed by atoms with van der Waals surface area (Å²) in [5.74, 6) is -0.188. The van der Waals surface area contributed by atoms with E-state index < -0.39 is 6.36 Å². The number of halogens is 4. The molecule has 0 fully saturated rings. The molecule has 0 aromatic heterocycles. The molecular weight excluding hydrogens is 285 g/mol. The SMILES string of the molecule is CCCC(Br)c1ccc(OC(F)(F)F)cc1.